The maximum Gasteiger partial charge on any atom is 0.257 e. The molecule has 0 saturated carbocycles. The average molecular weight is 299 g/mol. The molecule has 1 amide bonds. The van der Waals surface area contributed by atoms with E-state index in [0.29, 0.717) is 23.4 Å². The summed E-state index contributed by atoms with van der Waals surface area (Å²) in [4.78, 5) is 13.9. The Morgan fingerprint density at radius 1 is 1.45 bits per heavy atom. The van der Waals surface area contributed by atoms with Gasteiger partial charge in [0.1, 0.15) is 5.75 Å². The molecule has 1 atom stereocenters. The fraction of sp³-hybridized carbons (Fsp3) is 0.533. The fourth-order valence-corrected chi connectivity index (χ4v) is 1.85. The first-order valence-electron chi connectivity index (χ1n) is 6.88. The monoisotopic (exact) mass is 298 g/mol. The van der Waals surface area contributed by atoms with E-state index in [1.807, 2.05) is 12.1 Å². The average Bonchev–Trinajstić information content (AvgIpc) is 2.45. The molecule has 4 nitrogen and oxygen atoms in total. The number of nitrogens with one attached hydrogen (secondary N) is 1. The summed E-state index contributed by atoms with van der Waals surface area (Å²) in [6, 6.07) is 7.63. The SMILES string of the molecule is CC[C@@H](C)N(C)CCNC(=O)COc1ccccc1Cl. The highest BCUT2D eigenvalue weighted by atomic mass is 35.5. The summed E-state index contributed by atoms with van der Waals surface area (Å²) in [5.74, 6) is 0.392. The van der Waals surface area contributed by atoms with Crippen molar-refractivity contribution < 1.29 is 9.53 Å². The van der Waals surface area contributed by atoms with Crippen LogP contribution in [0.15, 0.2) is 24.3 Å². The molecule has 112 valence electrons. The molecular weight excluding hydrogens is 276 g/mol. The van der Waals surface area contributed by atoms with Crippen LogP contribution in [0.5, 0.6) is 5.75 Å². The van der Waals surface area contributed by atoms with Crippen LogP contribution in [0.4, 0.5) is 0 Å². The van der Waals surface area contributed by atoms with Crippen molar-refractivity contribution in [1.82, 2.24) is 10.2 Å². The number of carbonyl (C=O) groups excluding carboxylic acids is 1. The Kier molecular flexibility index (Phi) is 7.41. The van der Waals surface area contributed by atoms with E-state index in [0.717, 1.165) is 13.0 Å². The van der Waals surface area contributed by atoms with E-state index in [1.54, 1.807) is 12.1 Å². The maximum absolute atomic E-state index is 11.7. The number of nitrogens with zero attached hydrogens (tertiary/aromatic N) is 1. The van der Waals surface area contributed by atoms with E-state index in [1.165, 1.54) is 0 Å². The first-order chi connectivity index (χ1) is 9.54. The molecule has 0 heterocycles. The molecule has 20 heavy (non-hydrogen) atoms. The van der Waals surface area contributed by atoms with Gasteiger partial charge < -0.3 is 15.0 Å². The van der Waals surface area contributed by atoms with Crippen molar-refractivity contribution in [2.75, 3.05) is 26.7 Å². The Bertz CT molecular complexity index is 426. The van der Waals surface area contributed by atoms with Crippen LogP contribution in [0.3, 0.4) is 0 Å². The van der Waals surface area contributed by atoms with Crippen LogP contribution in [-0.4, -0.2) is 43.6 Å². The van der Waals surface area contributed by atoms with Gasteiger partial charge in [0.2, 0.25) is 0 Å². The maximum atomic E-state index is 11.7. The second-order valence-electron chi connectivity index (χ2n) is 4.81. The Labute approximate surface area is 126 Å². The zero-order valence-corrected chi connectivity index (χ0v) is 13.1. The minimum atomic E-state index is -0.137. The lowest BCUT2D eigenvalue weighted by atomic mass is 10.2. The number of benzene rings is 1. The Balaban J connectivity index is 2.23. The topological polar surface area (TPSA) is 41.6 Å². The van der Waals surface area contributed by atoms with Gasteiger partial charge >= 0.3 is 0 Å². The van der Waals surface area contributed by atoms with Crippen LogP contribution in [-0.2, 0) is 4.79 Å². The number of hydrogen-bond acceptors (Lipinski definition) is 3. The molecule has 1 aromatic carbocycles. The highest BCUT2D eigenvalue weighted by Gasteiger charge is 2.08. The van der Waals surface area contributed by atoms with Gasteiger partial charge in [-0.1, -0.05) is 30.7 Å². The Hall–Kier alpha value is -1.26. The normalized spacial score (nSPS) is 12.2. The zero-order valence-electron chi connectivity index (χ0n) is 12.4. The third kappa shape index (κ3) is 5.80. The van der Waals surface area contributed by atoms with Gasteiger partial charge in [0, 0.05) is 19.1 Å². The minimum absolute atomic E-state index is 0.0171. The van der Waals surface area contributed by atoms with Crippen molar-refractivity contribution in [2.24, 2.45) is 0 Å². The number of hydrogen-bond donors (Lipinski definition) is 1. The summed E-state index contributed by atoms with van der Waals surface area (Å²) < 4.78 is 5.37. The number of ether oxygens (including phenoxy) is 1. The van der Waals surface area contributed by atoms with E-state index < -0.39 is 0 Å². The number of carbonyl (C=O) groups is 1. The van der Waals surface area contributed by atoms with Crippen LogP contribution in [0, 0.1) is 0 Å². The van der Waals surface area contributed by atoms with Crippen molar-refractivity contribution in [3.63, 3.8) is 0 Å². The number of amides is 1. The van der Waals surface area contributed by atoms with E-state index in [-0.39, 0.29) is 12.5 Å². The predicted octanol–water partition coefficient (Wildman–Crippen LogP) is 2.57. The van der Waals surface area contributed by atoms with Gasteiger partial charge in [0.15, 0.2) is 6.61 Å². The number of para-hydroxylation sites is 1. The molecule has 0 bridgehead atoms. The van der Waals surface area contributed by atoms with Gasteiger partial charge in [-0.25, -0.2) is 0 Å². The van der Waals surface area contributed by atoms with Crippen molar-refractivity contribution in [1.29, 1.82) is 0 Å². The highest BCUT2D eigenvalue weighted by molar-refractivity contribution is 6.32. The summed E-state index contributed by atoms with van der Waals surface area (Å²) in [7, 11) is 2.06. The van der Waals surface area contributed by atoms with Gasteiger partial charge in [0.05, 0.1) is 5.02 Å². The molecule has 0 aliphatic carbocycles. The zero-order chi connectivity index (χ0) is 15.0. The van der Waals surface area contributed by atoms with Crippen LogP contribution < -0.4 is 10.1 Å². The van der Waals surface area contributed by atoms with E-state index >= 15 is 0 Å². The van der Waals surface area contributed by atoms with Crippen molar-refractivity contribution in [2.45, 2.75) is 26.3 Å². The lowest BCUT2D eigenvalue weighted by Crippen LogP contribution is -2.38. The van der Waals surface area contributed by atoms with Gasteiger partial charge in [0.25, 0.3) is 5.91 Å². The van der Waals surface area contributed by atoms with Gasteiger partial charge in [-0.3, -0.25) is 4.79 Å². The third-order valence-corrected chi connectivity index (χ3v) is 3.64. The summed E-state index contributed by atoms with van der Waals surface area (Å²) in [6.45, 7) is 5.74. The van der Waals surface area contributed by atoms with Crippen molar-refractivity contribution in [3.8, 4) is 5.75 Å². The van der Waals surface area contributed by atoms with Crippen LogP contribution in [0.25, 0.3) is 0 Å². The molecule has 1 aromatic rings. The third-order valence-electron chi connectivity index (χ3n) is 3.33. The molecule has 0 radical (unpaired) electrons. The summed E-state index contributed by atoms with van der Waals surface area (Å²) in [5.41, 5.74) is 0. The second-order valence-corrected chi connectivity index (χ2v) is 5.21. The van der Waals surface area contributed by atoms with E-state index in [4.69, 9.17) is 16.3 Å². The van der Waals surface area contributed by atoms with E-state index in [9.17, 15) is 4.79 Å². The molecule has 0 unspecified atom stereocenters. The first kappa shape index (κ1) is 16.8. The number of halogens is 1. The molecule has 0 spiro atoms. The van der Waals surface area contributed by atoms with Crippen LogP contribution >= 0.6 is 11.6 Å². The molecule has 5 heteroatoms. The molecule has 0 aliphatic rings. The van der Waals surface area contributed by atoms with Crippen LogP contribution in [0.2, 0.25) is 5.02 Å². The standard InChI is InChI=1S/C15H23ClN2O2/c1-4-12(2)18(3)10-9-17-15(19)11-20-14-8-6-5-7-13(14)16/h5-8,12H,4,9-11H2,1-3H3,(H,17,19)/t12-/m1/s1. The summed E-state index contributed by atoms with van der Waals surface area (Å²) in [6.07, 6.45) is 1.10. The van der Waals surface area contributed by atoms with Gasteiger partial charge in [-0.05, 0) is 32.5 Å². The molecule has 1 N–H and O–H groups in total. The number of rotatable bonds is 8. The lowest BCUT2D eigenvalue weighted by Gasteiger charge is -2.23. The second kappa shape index (κ2) is 8.82. The predicted molar refractivity (Wildman–Crippen MR) is 82.3 cm³/mol. The molecule has 1 rings (SSSR count). The molecule has 0 fully saturated rings. The minimum Gasteiger partial charge on any atom is -0.482 e. The first-order valence-corrected chi connectivity index (χ1v) is 7.26. The molecule has 0 saturated heterocycles. The van der Waals surface area contributed by atoms with Crippen molar-refractivity contribution in [3.05, 3.63) is 29.3 Å². The van der Waals surface area contributed by atoms with Gasteiger partial charge in [-0.2, -0.15) is 0 Å². The molecule has 0 aliphatic heterocycles. The summed E-state index contributed by atoms with van der Waals surface area (Å²) in [5, 5.41) is 3.34. The molecular formula is C15H23ClN2O2. The van der Waals surface area contributed by atoms with Gasteiger partial charge in [-0.15, -0.1) is 0 Å². The Morgan fingerprint density at radius 2 is 2.15 bits per heavy atom. The highest BCUT2D eigenvalue weighted by Crippen LogP contribution is 2.22. The summed E-state index contributed by atoms with van der Waals surface area (Å²) >= 11 is 5.94. The molecule has 0 aromatic heterocycles. The fourth-order valence-electron chi connectivity index (χ4n) is 1.66. The van der Waals surface area contributed by atoms with Crippen LogP contribution in [0.1, 0.15) is 20.3 Å². The smallest absolute Gasteiger partial charge is 0.257 e. The van der Waals surface area contributed by atoms with E-state index in [2.05, 4.69) is 31.1 Å². The van der Waals surface area contributed by atoms with Crippen molar-refractivity contribution >= 4 is 17.5 Å². The number of likely N-dealkylation sites (N-methyl/N-ethyl adjacent to an activating group) is 1. The quantitative estimate of drug-likeness (QED) is 0.802. The Morgan fingerprint density at radius 3 is 2.80 bits per heavy atom. The lowest BCUT2D eigenvalue weighted by molar-refractivity contribution is -0.123. The largest absolute Gasteiger partial charge is 0.482 e.